The van der Waals surface area contributed by atoms with E-state index in [0.717, 1.165) is 5.56 Å². The molecule has 1 fully saturated rings. The van der Waals surface area contributed by atoms with Gasteiger partial charge in [0.15, 0.2) is 0 Å². The molecule has 1 unspecified atom stereocenters. The highest BCUT2D eigenvalue weighted by molar-refractivity contribution is 7.89. The molecule has 3 heterocycles. The van der Waals surface area contributed by atoms with Crippen LogP contribution in [-0.4, -0.2) is 53.7 Å². The van der Waals surface area contributed by atoms with Gasteiger partial charge in [-0.3, -0.25) is 9.78 Å². The summed E-state index contributed by atoms with van der Waals surface area (Å²) < 4.78 is 41.9. The Bertz CT molecular complexity index is 1600. The van der Waals surface area contributed by atoms with Crippen molar-refractivity contribution in [3.8, 4) is 0 Å². The minimum atomic E-state index is -3.86. The van der Waals surface area contributed by atoms with Gasteiger partial charge in [0, 0.05) is 50.1 Å². The zero-order valence-electron chi connectivity index (χ0n) is 22.4. The normalized spacial score (nSPS) is 17.5. The summed E-state index contributed by atoms with van der Waals surface area (Å²) in [6.45, 7) is 0.404. The largest absolute Gasteiger partial charge is 0.359 e. The lowest BCUT2D eigenvalue weighted by molar-refractivity contribution is -0.132. The van der Waals surface area contributed by atoms with Crippen molar-refractivity contribution in [3.05, 3.63) is 96.7 Å². The van der Waals surface area contributed by atoms with Crippen LogP contribution in [0.1, 0.15) is 18.4 Å². The Kier molecular flexibility index (Phi) is 8.22. The first kappa shape index (κ1) is 28.1. The molecule has 0 bridgehead atoms. The van der Waals surface area contributed by atoms with Crippen LogP contribution in [0.4, 0.5) is 27.5 Å². The Morgan fingerprint density at radius 2 is 1.73 bits per heavy atom. The second kappa shape index (κ2) is 12.0. The minimum Gasteiger partial charge on any atom is -0.359 e. The van der Waals surface area contributed by atoms with E-state index in [4.69, 9.17) is 0 Å². The summed E-state index contributed by atoms with van der Waals surface area (Å²) in [5, 5.41) is 8.89. The van der Waals surface area contributed by atoms with Crippen molar-refractivity contribution < 1.29 is 17.6 Å². The number of aromatic nitrogens is 3. The third kappa shape index (κ3) is 6.50. The van der Waals surface area contributed by atoms with E-state index in [1.807, 2.05) is 12.1 Å². The van der Waals surface area contributed by atoms with E-state index in [1.165, 1.54) is 28.6 Å². The molecule has 212 valence electrons. The smallest absolute Gasteiger partial charge is 0.243 e. The van der Waals surface area contributed by atoms with Gasteiger partial charge in [-0.05, 0) is 85.5 Å². The second-order valence-electron chi connectivity index (χ2n) is 9.89. The molecule has 41 heavy (non-hydrogen) atoms. The van der Waals surface area contributed by atoms with Gasteiger partial charge in [0.1, 0.15) is 11.6 Å². The number of rotatable bonds is 9. The van der Waals surface area contributed by atoms with Crippen LogP contribution < -0.4 is 16.0 Å². The first-order valence-electron chi connectivity index (χ1n) is 13.1. The molecule has 1 aliphatic rings. The van der Waals surface area contributed by atoms with E-state index in [9.17, 15) is 17.6 Å². The third-order valence-electron chi connectivity index (χ3n) is 7.04. The van der Waals surface area contributed by atoms with Crippen molar-refractivity contribution in [1.29, 1.82) is 0 Å². The van der Waals surface area contributed by atoms with Crippen molar-refractivity contribution in [3.63, 3.8) is 0 Å². The van der Waals surface area contributed by atoms with Gasteiger partial charge in [0.05, 0.1) is 10.3 Å². The minimum absolute atomic E-state index is 0.0750. The second-order valence-corrected chi connectivity index (χ2v) is 11.8. The zero-order chi connectivity index (χ0) is 28.9. The van der Waals surface area contributed by atoms with Crippen LogP contribution in [0.15, 0.2) is 90.2 Å². The maximum Gasteiger partial charge on any atom is 0.243 e. The van der Waals surface area contributed by atoms with E-state index in [-0.39, 0.29) is 23.2 Å². The van der Waals surface area contributed by atoms with Crippen LogP contribution in [-0.2, 0) is 21.2 Å². The lowest BCUT2D eigenvalue weighted by Crippen LogP contribution is -2.53. The number of amides is 1. The van der Waals surface area contributed by atoms with Gasteiger partial charge in [-0.2, -0.15) is 9.29 Å². The third-order valence-corrected chi connectivity index (χ3v) is 8.90. The molecule has 2 aromatic carbocycles. The van der Waals surface area contributed by atoms with E-state index >= 15 is 0 Å². The molecular weight excluding hydrogens is 545 g/mol. The van der Waals surface area contributed by atoms with Crippen molar-refractivity contribution >= 4 is 39.1 Å². The molecule has 0 radical (unpaired) electrons. The van der Waals surface area contributed by atoms with E-state index < -0.39 is 15.4 Å². The van der Waals surface area contributed by atoms with Crippen molar-refractivity contribution in [1.82, 2.24) is 24.6 Å². The molecule has 5 rings (SSSR count). The molecule has 10 nitrogen and oxygen atoms in total. The maximum atomic E-state index is 13.7. The number of carbonyl (C=O) groups is 1. The summed E-state index contributed by atoms with van der Waals surface area (Å²) >= 11 is 0. The van der Waals surface area contributed by atoms with Gasteiger partial charge in [-0.25, -0.2) is 17.8 Å². The lowest BCUT2D eigenvalue weighted by atomic mass is 9.75. The SMILES string of the molecule is CNC(=O)C1(Cc2cccnc2)CCCN(S(=O)(=O)c2ccc(Nc3nccc(Nc4ccc(F)cc4)n3)cc2)C1. The van der Waals surface area contributed by atoms with Gasteiger partial charge in [-0.1, -0.05) is 6.07 Å². The number of carbonyl (C=O) groups excluding carboxylic acids is 1. The summed E-state index contributed by atoms with van der Waals surface area (Å²) in [5.74, 6) is 0.289. The van der Waals surface area contributed by atoms with E-state index in [0.29, 0.717) is 48.9 Å². The standard InChI is InChI=1S/C29H30FN7O3S/c1-31-27(38)29(18-21-4-2-15-32-19-21)14-3-17-37(20-29)41(39,40)25-11-9-24(10-12-25)35-28-33-16-13-26(36-28)34-23-7-5-22(30)6-8-23/h2,4-13,15-16,19H,3,14,17-18,20H2,1H3,(H,31,38)(H2,33,34,35,36). The Balaban J connectivity index is 1.30. The van der Waals surface area contributed by atoms with E-state index in [2.05, 4.69) is 30.9 Å². The number of anilines is 4. The highest BCUT2D eigenvalue weighted by Crippen LogP contribution is 2.36. The summed E-state index contributed by atoms with van der Waals surface area (Å²) in [6, 6.07) is 17.6. The fourth-order valence-corrected chi connectivity index (χ4v) is 6.59. The van der Waals surface area contributed by atoms with Crippen LogP contribution in [0.2, 0.25) is 0 Å². The molecule has 0 aliphatic carbocycles. The fourth-order valence-electron chi connectivity index (χ4n) is 5.02. The summed E-state index contributed by atoms with van der Waals surface area (Å²) in [4.78, 5) is 26.0. The molecule has 3 N–H and O–H groups in total. The Labute approximate surface area is 238 Å². The number of piperidine rings is 1. The Morgan fingerprint density at radius 3 is 2.44 bits per heavy atom. The maximum absolute atomic E-state index is 13.7. The summed E-state index contributed by atoms with van der Waals surface area (Å²) in [7, 11) is -2.28. The first-order valence-corrected chi connectivity index (χ1v) is 14.6. The molecule has 1 atom stereocenters. The fraction of sp³-hybridized carbons (Fsp3) is 0.241. The highest BCUT2D eigenvalue weighted by Gasteiger charge is 2.45. The zero-order valence-corrected chi connectivity index (χ0v) is 23.2. The number of halogens is 1. The molecule has 0 spiro atoms. The molecule has 1 amide bonds. The number of benzene rings is 2. The van der Waals surface area contributed by atoms with Crippen LogP contribution in [0.3, 0.4) is 0 Å². The molecule has 2 aromatic heterocycles. The monoisotopic (exact) mass is 575 g/mol. The number of nitrogens with one attached hydrogen (secondary N) is 3. The molecule has 1 saturated heterocycles. The topological polar surface area (TPSA) is 129 Å². The molecule has 0 saturated carbocycles. The van der Waals surface area contributed by atoms with Crippen LogP contribution in [0.25, 0.3) is 0 Å². The first-order chi connectivity index (χ1) is 19.8. The van der Waals surface area contributed by atoms with Gasteiger partial charge in [0.2, 0.25) is 21.9 Å². The quantitative estimate of drug-likeness (QED) is 0.270. The predicted molar refractivity (Wildman–Crippen MR) is 154 cm³/mol. The number of nitrogens with zero attached hydrogens (tertiary/aromatic N) is 4. The van der Waals surface area contributed by atoms with Crippen molar-refractivity contribution in [2.24, 2.45) is 5.41 Å². The predicted octanol–water partition coefficient (Wildman–Crippen LogP) is 4.26. The Morgan fingerprint density at radius 1 is 1.00 bits per heavy atom. The van der Waals surface area contributed by atoms with Crippen molar-refractivity contribution in [2.75, 3.05) is 30.8 Å². The number of hydrogen-bond donors (Lipinski definition) is 3. The molecule has 12 heteroatoms. The Hall–Kier alpha value is -4.42. The lowest BCUT2D eigenvalue weighted by Gasteiger charge is -2.40. The van der Waals surface area contributed by atoms with Gasteiger partial charge in [0.25, 0.3) is 0 Å². The van der Waals surface area contributed by atoms with Gasteiger partial charge in [-0.15, -0.1) is 0 Å². The van der Waals surface area contributed by atoms with Crippen molar-refractivity contribution in [2.45, 2.75) is 24.2 Å². The molecule has 4 aromatic rings. The molecular formula is C29H30FN7O3S. The van der Waals surface area contributed by atoms with Gasteiger partial charge < -0.3 is 16.0 Å². The number of pyridine rings is 1. The number of hydrogen-bond acceptors (Lipinski definition) is 8. The summed E-state index contributed by atoms with van der Waals surface area (Å²) in [6.07, 6.45) is 6.48. The summed E-state index contributed by atoms with van der Waals surface area (Å²) in [5.41, 5.74) is 1.25. The molecule has 1 aliphatic heterocycles. The van der Waals surface area contributed by atoms with Crippen LogP contribution in [0.5, 0.6) is 0 Å². The van der Waals surface area contributed by atoms with Gasteiger partial charge >= 0.3 is 0 Å². The average molecular weight is 576 g/mol. The van der Waals surface area contributed by atoms with Crippen LogP contribution >= 0.6 is 0 Å². The van der Waals surface area contributed by atoms with Crippen LogP contribution in [0, 0.1) is 11.2 Å². The highest BCUT2D eigenvalue weighted by atomic mass is 32.2. The number of sulfonamides is 1. The average Bonchev–Trinajstić information content (AvgIpc) is 2.99. The van der Waals surface area contributed by atoms with E-state index in [1.54, 1.807) is 56.0 Å².